The van der Waals surface area contributed by atoms with Crippen molar-refractivity contribution in [3.8, 4) is 0 Å². The molecule has 2 aromatic rings. The van der Waals surface area contributed by atoms with Gasteiger partial charge in [0.25, 0.3) is 0 Å². The molecule has 1 amide bonds. The molecular weight excluding hydrogens is 234 g/mol. The fourth-order valence-electron chi connectivity index (χ4n) is 1.47. The summed E-state index contributed by atoms with van der Waals surface area (Å²) in [4.78, 5) is 23.0. The fourth-order valence-corrected chi connectivity index (χ4v) is 1.47. The largest absolute Gasteiger partial charge is 0.467 e. The molecule has 2 rings (SSSR count). The van der Waals surface area contributed by atoms with Gasteiger partial charge in [-0.15, -0.1) is 0 Å². The van der Waals surface area contributed by atoms with E-state index >= 15 is 0 Å². The molecular formula is C13H13NO4. The highest BCUT2D eigenvalue weighted by atomic mass is 16.3. The maximum absolute atomic E-state index is 11.6. The Morgan fingerprint density at radius 2 is 1.83 bits per heavy atom. The predicted molar refractivity (Wildman–Crippen MR) is 62.8 cm³/mol. The van der Waals surface area contributed by atoms with E-state index in [0.29, 0.717) is 12.3 Å². The summed E-state index contributed by atoms with van der Waals surface area (Å²) in [7, 11) is 0. The molecule has 0 saturated heterocycles. The highest BCUT2D eigenvalue weighted by molar-refractivity contribution is 5.95. The normalized spacial score (nSPS) is 10.2. The Morgan fingerprint density at radius 1 is 1.06 bits per heavy atom. The van der Waals surface area contributed by atoms with Crippen LogP contribution in [-0.4, -0.2) is 11.7 Å². The third kappa shape index (κ3) is 3.35. The Labute approximate surface area is 104 Å². The third-order valence-corrected chi connectivity index (χ3v) is 2.42. The Kier molecular flexibility index (Phi) is 3.96. The number of rotatable bonds is 6. The molecule has 0 fully saturated rings. The van der Waals surface area contributed by atoms with Crippen LogP contribution in [0.15, 0.2) is 45.6 Å². The lowest BCUT2D eigenvalue weighted by Crippen LogP contribution is -2.22. The van der Waals surface area contributed by atoms with Crippen molar-refractivity contribution in [2.45, 2.75) is 19.4 Å². The number of ketones is 1. The average molecular weight is 247 g/mol. The summed E-state index contributed by atoms with van der Waals surface area (Å²) in [5.74, 6) is 0.606. The first-order valence-corrected chi connectivity index (χ1v) is 5.61. The van der Waals surface area contributed by atoms with E-state index < -0.39 is 0 Å². The fraction of sp³-hybridized carbons (Fsp3) is 0.231. The first-order chi connectivity index (χ1) is 8.75. The molecule has 0 unspecified atom stereocenters. The summed E-state index contributed by atoms with van der Waals surface area (Å²) >= 11 is 0. The highest BCUT2D eigenvalue weighted by Crippen LogP contribution is 2.06. The Balaban J connectivity index is 1.70. The van der Waals surface area contributed by atoms with Crippen LogP contribution in [0.25, 0.3) is 0 Å². The lowest BCUT2D eigenvalue weighted by molar-refractivity contribution is -0.121. The third-order valence-electron chi connectivity index (χ3n) is 2.42. The smallest absolute Gasteiger partial charge is 0.220 e. The molecule has 0 aliphatic carbocycles. The van der Waals surface area contributed by atoms with Gasteiger partial charge in [0.15, 0.2) is 11.5 Å². The van der Waals surface area contributed by atoms with Crippen LogP contribution in [0.1, 0.15) is 29.2 Å². The van der Waals surface area contributed by atoms with Crippen LogP contribution in [0.2, 0.25) is 0 Å². The standard InChI is InChI=1S/C13H13NO4/c15-11(12-4-2-8-18-12)5-6-13(16)14-9-10-3-1-7-17-10/h1-4,7-8H,5-6,9H2,(H,14,16). The number of amides is 1. The molecule has 0 bridgehead atoms. The van der Waals surface area contributed by atoms with E-state index in [4.69, 9.17) is 8.83 Å². The molecule has 18 heavy (non-hydrogen) atoms. The van der Waals surface area contributed by atoms with Crippen LogP contribution in [0, 0.1) is 0 Å². The Bertz CT molecular complexity index is 499. The zero-order valence-electron chi connectivity index (χ0n) is 9.72. The Hall–Kier alpha value is -2.30. The van der Waals surface area contributed by atoms with Crippen molar-refractivity contribution in [3.63, 3.8) is 0 Å². The van der Waals surface area contributed by atoms with E-state index in [-0.39, 0.29) is 30.3 Å². The van der Waals surface area contributed by atoms with Crippen molar-refractivity contribution in [1.82, 2.24) is 5.32 Å². The molecule has 0 atom stereocenters. The van der Waals surface area contributed by atoms with Gasteiger partial charge in [-0.2, -0.15) is 0 Å². The summed E-state index contributed by atoms with van der Waals surface area (Å²) in [6.45, 7) is 0.334. The lowest BCUT2D eigenvalue weighted by atomic mass is 10.2. The summed E-state index contributed by atoms with van der Waals surface area (Å²) in [5.41, 5.74) is 0. The molecule has 0 saturated carbocycles. The molecule has 1 N–H and O–H groups in total. The van der Waals surface area contributed by atoms with Crippen molar-refractivity contribution in [2.24, 2.45) is 0 Å². The average Bonchev–Trinajstić information content (AvgIpc) is 3.05. The molecule has 5 nitrogen and oxygen atoms in total. The number of hydrogen-bond acceptors (Lipinski definition) is 4. The SMILES string of the molecule is O=C(CCC(=O)c1ccco1)NCc1ccco1. The van der Waals surface area contributed by atoms with E-state index in [2.05, 4.69) is 5.32 Å². The Morgan fingerprint density at radius 3 is 2.50 bits per heavy atom. The molecule has 0 aromatic carbocycles. The topological polar surface area (TPSA) is 72.5 Å². The minimum atomic E-state index is -0.189. The maximum atomic E-state index is 11.6. The van der Waals surface area contributed by atoms with Crippen molar-refractivity contribution >= 4 is 11.7 Å². The first kappa shape index (κ1) is 12.2. The van der Waals surface area contributed by atoms with Crippen LogP contribution in [0.4, 0.5) is 0 Å². The second kappa shape index (κ2) is 5.86. The van der Waals surface area contributed by atoms with Crippen LogP contribution < -0.4 is 5.32 Å². The van der Waals surface area contributed by atoms with Crippen molar-refractivity contribution in [1.29, 1.82) is 0 Å². The zero-order valence-corrected chi connectivity index (χ0v) is 9.72. The van der Waals surface area contributed by atoms with Gasteiger partial charge in [-0.25, -0.2) is 0 Å². The van der Waals surface area contributed by atoms with Crippen LogP contribution in [0.5, 0.6) is 0 Å². The van der Waals surface area contributed by atoms with Crippen LogP contribution >= 0.6 is 0 Å². The monoisotopic (exact) mass is 247 g/mol. The maximum Gasteiger partial charge on any atom is 0.220 e. The number of Topliss-reactive ketones (excluding diaryl/α,β-unsaturated/α-hetero) is 1. The van der Waals surface area contributed by atoms with Crippen molar-refractivity contribution in [3.05, 3.63) is 48.3 Å². The summed E-state index contributed by atoms with van der Waals surface area (Å²) < 4.78 is 10.0. The molecule has 0 spiro atoms. The number of nitrogens with one attached hydrogen (secondary N) is 1. The van der Waals surface area contributed by atoms with Crippen molar-refractivity contribution < 1.29 is 18.4 Å². The summed E-state index contributed by atoms with van der Waals surface area (Å²) in [5, 5.41) is 2.67. The molecule has 0 aliphatic heterocycles. The van der Waals surface area contributed by atoms with Crippen LogP contribution in [0.3, 0.4) is 0 Å². The minimum absolute atomic E-state index is 0.136. The highest BCUT2D eigenvalue weighted by Gasteiger charge is 2.11. The van der Waals surface area contributed by atoms with Crippen molar-refractivity contribution in [2.75, 3.05) is 0 Å². The van der Waals surface area contributed by atoms with Gasteiger partial charge in [0, 0.05) is 12.8 Å². The molecule has 5 heteroatoms. The van der Waals surface area contributed by atoms with E-state index in [1.54, 1.807) is 30.5 Å². The van der Waals surface area contributed by atoms with Gasteiger partial charge in [-0.3, -0.25) is 9.59 Å². The number of hydrogen-bond donors (Lipinski definition) is 1. The van der Waals surface area contributed by atoms with E-state index in [9.17, 15) is 9.59 Å². The second-order valence-electron chi connectivity index (χ2n) is 3.76. The number of furan rings is 2. The zero-order chi connectivity index (χ0) is 12.8. The van der Waals surface area contributed by atoms with Gasteiger partial charge in [-0.1, -0.05) is 0 Å². The van der Waals surface area contributed by atoms with Gasteiger partial charge >= 0.3 is 0 Å². The van der Waals surface area contributed by atoms with E-state index in [0.717, 1.165) is 0 Å². The summed E-state index contributed by atoms with van der Waals surface area (Å²) in [6.07, 6.45) is 3.25. The van der Waals surface area contributed by atoms with Gasteiger partial charge in [0.05, 0.1) is 19.1 Å². The summed E-state index contributed by atoms with van der Waals surface area (Å²) in [6, 6.07) is 6.75. The minimum Gasteiger partial charge on any atom is -0.467 e. The number of carbonyl (C=O) groups is 2. The molecule has 2 heterocycles. The van der Waals surface area contributed by atoms with Gasteiger partial charge < -0.3 is 14.2 Å². The van der Waals surface area contributed by atoms with Gasteiger partial charge in [-0.05, 0) is 24.3 Å². The molecule has 94 valence electrons. The predicted octanol–water partition coefficient (Wildman–Crippen LogP) is 2.15. The first-order valence-electron chi connectivity index (χ1n) is 5.61. The van der Waals surface area contributed by atoms with E-state index in [1.165, 1.54) is 6.26 Å². The van der Waals surface area contributed by atoms with Gasteiger partial charge in [0.2, 0.25) is 5.91 Å². The molecule has 0 aliphatic rings. The van der Waals surface area contributed by atoms with E-state index in [1.807, 2.05) is 0 Å². The quantitative estimate of drug-likeness (QED) is 0.794. The van der Waals surface area contributed by atoms with Gasteiger partial charge in [0.1, 0.15) is 5.76 Å². The van der Waals surface area contributed by atoms with Crippen LogP contribution in [-0.2, 0) is 11.3 Å². The second-order valence-corrected chi connectivity index (χ2v) is 3.76. The molecule has 0 radical (unpaired) electrons. The lowest BCUT2D eigenvalue weighted by Gasteiger charge is -2.02. The number of carbonyl (C=O) groups excluding carboxylic acids is 2. The molecule has 2 aromatic heterocycles.